The second kappa shape index (κ2) is 6.06. The summed E-state index contributed by atoms with van der Waals surface area (Å²) in [7, 11) is -3.78. The lowest BCUT2D eigenvalue weighted by Gasteiger charge is -2.04. The summed E-state index contributed by atoms with van der Waals surface area (Å²) in [6.45, 7) is 2.16. The maximum atomic E-state index is 12.2. The summed E-state index contributed by atoms with van der Waals surface area (Å²) in [6, 6.07) is 6.33. The number of nitrogens with one attached hydrogen (secondary N) is 1. The lowest BCUT2D eigenvalue weighted by Crippen LogP contribution is -2.23. The largest absolute Gasteiger partial charge is 0.477 e. The van der Waals surface area contributed by atoms with Crippen molar-refractivity contribution in [3.8, 4) is 0 Å². The minimum absolute atomic E-state index is 0.0445. The fourth-order valence-corrected chi connectivity index (χ4v) is 2.86. The average molecular weight is 309 g/mol. The van der Waals surface area contributed by atoms with Crippen molar-refractivity contribution in [1.82, 2.24) is 14.3 Å². The van der Waals surface area contributed by atoms with Gasteiger partial charge in [-0.15, -0.1) is 0 Å². The maximum Gasteiger partial charge on any atom is 0.352 e. The molecule has 0 atom stereocenters. The average Bonchev–Trinajstić information content (AvgIpc) is 2.92. The number of aryl methyl sites for hydroxylation is 1. The molecule has 8 heteroatoms. The molecule has 0 saturated carbocycles. The molecule has 0 amide bonds. The third kappa shape index (κ3) is 3.47. The number of carbonyl (C=O) groups is 1. The number of aromatic nitrogens is 2. The Bertz CT molecular complexity index is 738. The number of aromatic carboxylic acids is 1. The lowest BCUT2D eigenvalue weighted by molar-refractivity contribution is 0.0685. The monoisotopic (exact) mass is 309 g/mol. The maximum absolute atomic E-state index is 12.2. The molecule has 7 nitrogen and oxygen atoms in total. The van der Waals surface area contributed by atoms with Gasteiger partial charge in [0.05, 0.1) is 12.2 Å². The van der Waals surface area contributed by atoms with Crippen LogP contribution < -0.4 is 4.72 Å². The van der Waals surface area contributed by atoms with Crippen LogP contribution in [-0.4, -0.2) is 29.0 Å². The Morgan fingerprint density at radius 1 is 1.43 bits per heavy atom. The van der Waals surface area contributed by atoms with Gasteiger partial charge in [0, 0.05) is 18.9 Å². The van der Waals surface area contributed by atoms with Crippen LogP contribution in [0.1, 0.15) is 23.1 Å². The number of nitrogens with zero attached hydrogens (tertiary/aromatic N) is 2. The van der Waals surface area contributed by atoms with E-state index < -0.39 is 16.0 Å². The molecule has 0 aliphatic rings. The summed E-state index contributed by atoms with van der Waals surface area (Å²) in [4.78, 5) is 15.0. The normalized spacial score (nSPS) is 11.5. The summed E-state index contributed by atoms with van der Waals surface area (Å²) in [5, 5.41) is 9.04. The Hall–Kier alpha value is -2.19. The van der Waals surface area contributed by atoms with E-state index in [1.54, 1.807) is 31.3 Å². The Morgan fingerprint density at radius 3 is 2.71 bits per heavy atom. The molecule has 0 bridgehead atoms. The highest BCUT2D eigenvalue weighted by atomic mass is 32.2. The van der Waals surface area contributed by atoms with Crippen molar-refractivity contribution in [1.29, 1.82) is 0 Å². The molecular formula is C13H15N3O4S. The standard InChI is InChI=1S/C13H15N3O4S/c1-2-16-9-11(7-12(16)13(17)18)21(19,20)15-8-10-5-3-4-6-14-10/h3-7,9,15H,2,8H2,1H3,(H,17,18). The van der Waals surface area contributed by atoms with Gasteiger partial charge in [0.15, 0.2) is 0 Å². The van der Waals surface area contributed by atoms with Gasteiger partial charge in [-0.2, -0.15) is 0 Å². The molecule has 0 aliphatic carbocycles. The molecule has 0 spiro atoms. The molecule has 0 aliphatic heterocycles. The van der Waals surface area contributed by atoms with E-state index in [9.17, 15) is 13.2 Å². The van der Waals surface area contributed by atoms with Crippen molar-refractivity contribution in [3.63, 3.8) is 0 Å². The van der Waals surface area contributed by atoms with Crippen LogP contribution in [0, 0.1) is 0 Å². The zero-order chi connectivity index (χ0) is 15.5. The third-order valence-electron chi connectivity index (χ3n) is 2.91. The summed E-state index contributed by atoms with van der Waals surface area (Å²) in [5.41, 5.74) is 0.519. The number of pyridine rings is 1. The van der Waals surface area contributed by atoms with E-state index in [1.807, 2.05) is 0 Å². The molecule has 2 aromatic rings. The van der Waals surface area contributed by atoms with E-state index in [-0.39, 0.29) is 17.1 Å². The molecule has 2 rings (SSSR count). The van der Waals surface area contributed by atoms with E-state index in [4.69, 9.17) is 5.11 Å². The second-order valence-electron chi connectivity index (χ2n) is 4.30. The Labute approximate surface area is 122 Å². The van der Waals surface area contributed by atoms with Gasteiger partial charge < -0.3 is 9.67 Å². The highest BCUT2D eigenvalue weighted by Crippen LogP contribution is 2.15. The summed E-state index contributed by atoms with van der Waals surface area (Å²) < 4.78 is 28.1. The van der Waals surface area contributed by atoms with Gasteiger partial charge in [-0.25, -0.2) is 17.9 Å². The zero-order valence-corrected chi connectivity index (χ0v) is 12.2. The van der Waals surface area contributed by atoms with E-state index in [0.717, 1.165) is 6.07 Å². The predicted octanol–water partition coefficient (Wildman–Crippen LogP) is 1.08. The first-order valence-electron chi connectivity index (χ1n) is 6.27. The lowest BCUT2D eigenvalue weighted by atomic mass is 10.4. The van der Waals surface area contributed by atoms with Gasteiger partial charge >= 0.3 is 5.97 Å². The number of hydrogen-bond donors (Lipinski definition) is 2. The van der Waals surface area contributed by atoms with Crippen LogP contribution in [0.3, 0.4) is 0 Å². The predicted molar refractivity (Wildman–Crippen MR) is 75.3 cm³/mol. The Morgan fingerprint density at radius 2 is 2.19 bits per heavy atom. The minimum atomic E-state index is -3.78. The van der Waals surface area contributed by atoms with E-state index in [1.165, 1.54) is 10.8 Å². The molecule has 0 saturated heterocycles. The topological polar surface area (TPSA) is 101 Å². The van der Waals surface area contributed by atoms with Crippen molar-refractivity contribution in [2.75, 3.05) is 0 Å². The first-order valence-corrected chi connectivity index (χ1v) is 7.75. The van der Waals surface area contributed by atoms with Crippen LogP contribution >= 0.6 is 0 Å². The van der Waals surface area contributed by atoms with E-state index >= 15 is 0 Å². The summed E-state index contributed by atoms with van der Waals surface area (Å²) in [6.07, 6.45) is 2.88. The number of hydrogen-bond acceptors (Lipinski definition) is 4. The molecule has 2 N–H and O–H groups in total. The highest BCUT2D eigenvalue weighted by molar-refractivity contribution is 7.89. The molecule has 0 radical (unpaired) electrons. The minimum Gasteiger partial charge on any atom is -0.477 e. The molecule has 0 unspecified atom stereocenters. The van der Waals surface area contributed by atoms with Crippen molar-refractivity contribution in [3.05, 3.63) is 48.0 Å². The van der Waals surface area contributed by atoms with E-state index in [0.29, 0.717) is 12.2 Å². The van der Waals surface area contributed by atoms with Crippen LogP contribution in [0.4, 0.5) is 0 Å². The van der Waals surface area contributed by atoms with Crippen LogP contribution in [0.2, 0.25) is 0 Å². The van der Waals surface area contributed by atoms with E-state index in [2.05, 4.69) is 9.71 Å². The first kappa shape index (κ1) is 15.2. The first-order chi connectivity index (χ1) is 9.94. The van der Waals surface area contributed by atoms with Crippen molar-refractivity contribution in [2.24, 2.45) is 0 Å². The smallest absolute Gasteiger partial charge is 0.352 e. The van der Waals surface area contributed by atoms with Crippen LogP contribution in [0.15, 0.2) is 41.6 Å². The number of carboxylic acids is 1. The number of rotatable bonds is 6. The van der Waals surface area contributed by atoms with Gasteiger partial charge in [0.1, 0.15) is 10.6 Å². The van der Waals surface area contributed by atoms with Gasteiger partial charge in [-0.05, 0) is 25.1 Å². The zero-order valence-electron chi connectivity index (χ0n) is 11.4. The summed E-state index contributed by atoms with van der Waals surface area (Å²) >= 11 is 0. The van der Waals surface area contributed by atoms with Crippen LogP contribution in [0.25, 0.3) is 0 Å². The van der Waals surface area contributed by atoms with Crippen molar-refractivity contribution < 1.29 is 18.3 Å². The number of sulfonamides is 1. The Balaban J connectivity index is 2.22. The fourth-order valence-electron chi connectivity index (χ4n) is 1.83. The second-order valence-corrected chi connectivity index (χ2v) is 6.06. The van der Waals surface area contributed by atoms with Gasteiger partial charge in [0.2, 0.25) is 10.0 Å². The summed E-state index contributed by atoms with van der Waals surface area (Å²) in [5.74, 6) is -1.16. The van der Waals surface area contributed by atoms with Crippen molar-refractivity contribution in [2.45, 2.75) is 24.9 Å². The van der Waals surface area contributed by atoms with Gasteiger partial charge in [-0.1, -0.05) is 6.07 Å². The van der Waals surface area contributed by atoms with Gasteiger partial charge in [0.25, 0.3) is 0 Å². The molecule has 112 valence electrons. The van der Waals surface area contributed by atoms with Crippen molar-refractivity contribution >= 4 is 16.0 Å². The van der Waals surface area contributed by atoms with Gasteiger partial charge in [-0.3, -0.25) is 4.98 Å². The molecule has 0 aromatic carbocycles. The van der Waals surface area contributed by atoms with Crippen LogP contribution in [-0.2, 0) is 23.1 Å². The SMILES string of the molecule is CCn1cc(S(=O)(=O)NCc2ccccn2)cc1C(=O)O. The Kier molecular flexibility index (Phi) is 4.39. The molecule has 21 heavy (non-hydrogen) atoms. The molecule has 2 heterocycles. The quantitative estimate of drug-likeness (QED) is 0.831. The number of carboxylic acid groups (broad SMARTS) is 1. The molecular weight excluding hydrogens is 294 g/mol. The molecule has 2 aromatic heterocycles. The fraction of sp³-hybridized carbons (Fsp3) is 0.231. The third-order valence-corrected chi connectivity index (χ3v) is 4.28. The highest BCUT2D eigenvalue weighted by Gasteiger charge is 2.20. The van der Waals surface area contributed by atoms with Crippen LogP contribution in [0.5, 0.6) is 0 Å². The molecule has 0 fully saturated rings.